The monoisotopic (exact) mass is 520 g/mol. The average Bonchev–Trinajstić information content (AvgIpc) is 3.23. The first kappa shape index (κ1) is 29.3. The molecule has 3 N–H and O–H groups in total. The van der Waals surface area contributed by atoms with E-state index in [0.717, 1.165) is 41.5 Å². The average molecular weight is 520 g/mol. The molecule has 0 saturated carbocycles. The van der Waals surface area contributed by atoms with Crippen LogP contribution in [-0.2, 0) is 9.53 Å². The Bertz CT molecular complexity index is 1010. The van der Waals surface area contributed by atoms with Gasteiger partial charge < -0.3 is 20.5 Å². The lowest BCUT2D eigenvalue weighted by molar-refractivity contribution is -0.121. The van der Waals surface area contributed by atoms with Gasteiger partial charge in [0.05, 0.1) is 5.94 Å². The van der Waals surface area contributed by atoms with Gasteiger partial charge in [-0.3, -0.25) is 9.59 Å². The van der Waals surface area contributed by atoms with Gasteiger partial charge in [-0.05, 0) is 28.7 Å². The van der Waals surface area contributed by atoms with Crippen molar-refractivity contribution in [2.24, 2.45) is 0 Å². The second-order valence-electron chi connectivity index (χ2n) is 10.1. The van der Waals surface area contributed by atoms with E-state index in [9.17, 15) is 19.5 Å². The van der Waals surface area contributed by atoms with Crippen LogP contribution in [0.2, 0.25) is 0 Å². The zero-order valence-electron chi connectivity index (χ0n) is 22.5. The number of hydrogen-bond acceptors (Lipinski definition) is 4. The number of benzene rings is 2. The van der Waals surface area contributed by atoms with Crippen molar-refractivity contribution in [1.82, 2.24) is 10.6 Å². The number of ether oxygens (including phenoxy) is 1. The standard InChI is InChI=1S/C30H41BN2O5/c1-2-3-4-5-6-7-8-9-10-15-20-32-28(34)27(31-29(35)36)33-30(37)38-21-26-24-18-13-11-16-22(24)23-17-12-14-19-25(23)26/h11-14,16-19,26-27,31H,2-10,15,20-21H2,1H3,(H,32,34)(H,33,37)(H,35,36)/t27-/m1/s1. The summed E-state index contributed by atoms with van der Waals surface area (Å²) >= 11 is 0. The van der Waals surface area contributed by atoms with E-state index < -0.39 is 31.1 Å². The maximum absolute atomic E-state index is 12.6. The molecule has 1 aliphatic carbocycles. The minimum Gasteiger partial charge on any atom is -0.489 e. The summed E-state index contributed by atoms with van der Waals surface area (Å²) in [5, 5.41) is 14.5. The molecule has 0 fully saturated rings. The molecule has 38 heavy (non-hydrogen) atoms. The molecule has 2 aromatic rings. The zero-order valence-corrected chi connectivity index (χ0v) is 22.5. The molecule has 0 aromatic heterocycles. The third kappa shape index (κ3) is 8.93. The highest BCUT2D eigenvalue weighted by molar-refractivity contribution is 6.75. The third-order valence-corrected chi connectivity index (χ3v) is 7.16. The fraction of sp³-hybridized carbons (Fsp3) is 0.500. The predicted octanol–water partition coefficient (Wildman–Crippen LogP) is 6.00. The van der Waals surface area contributed by atoms with Gasteiger partial charge in [0, 0.05) is 12.5 Å². The fourth-order valence-electron chi connectivity index (χ4n) is 5.11. The Morgan fingerprint density at radius 1 is 0.842 bits per heavy atom. The molecule has 0 saturated heterocycles. The van der Waals surface area contributed by atoms with Gasteiger partial charge in [-0.2, -0.15) is 0 Å². The Balaban J connectivity index is 1.40. The minimum absolute atomic E-state index is 0.0971. The molecule has 7 nitrogen and oxygen atoms in total. The lowest BCUT2D eigenvalue weighted by atomic mass is 9.69. The van der Waals surface area contributed by atoms with Gasteiger partial charge in [0.1, 0.15) is 6.61 Å². The highest BCUT2D eigenvalue weighted by Gasteiger charge is 2.30. The van der Waals surface area contributed by atoms with Crippen molar-refractivity contribution in [3.05, 3.63) is 59.7 Å². The molecule has 0 heterocycles. The van der Waals surface area contributed by atoms with Gasteiger partial charge in [-0.1, -0.05) is 113 Å². The lowest BCUT2D eigenvalue weighted by Crippen LogP contribution is -2.52. The summed E-state index contributed by atoms with van der Waals surface area (Å²) in [6, 6.07) is 16.0. The largest absolute Gasteiger partial charge is 0.489 e. The molecule has 8 heteroatoms. The van der Waals surface area contributed by atoms with Crippen molar-refractivity contribution >= 4 is 25.1 Å². The Morgan fingerprint density at radius 3 is 1.92 bits per heavy atom. The van der Waals surface area contributed by atoms with E-state index in [1.807, 2.05) is 36.4 Å². The van der Waals surface area contributed by atoms with E-state index in [4.69, 9.17) is 4.74 Å². The molecule has 0 bridgehead atoms. The summed E-state index contributed by atoms with van der Waals surface area (Å²) in [7, 11) is -0.506. The number of nitrogens with one attached hydrogen (secondary N) is 2. The first-order valence-corrected chi connectivity index (χ1v) is 14.1. The van der Waals surface area contributed by atoms with Crippen LogP contribution in [0.3, 0.4) is 0 Å². The maximum Gasteiger partial charge on any atom is 0.407 e. The molecular weight excluding hydrogens is 479 g/mol. The minimum atomic E-state index is -1.19. The third-order valence-electron chi connectivity index (χ3n) is 7.16. The van der Waals surface area contributed by atoms with E-state index in [1.54, 1.807) is 0 Å². The SMILES string of the molecule is CCCCCCCCCCCCNC(=O)[C@H](BC(=O)O)NC(=O)OCC1c2ccccc2-c2ccccc21. The molecule has 2 amide bonds. The van der Waals surface area contributed by atoms with Crippen molar-refractivity contribution in [2.75, 3.05) is 13.2 Å². The van der Waals surface area contributed by atoms with E-state index in [1.165, 1.54) is 44.9 Å². The normalized spacial score (nSPS) is 12.8. The summed E-state index contributed by atoms with van der Waals surface area (Å²) in [6.07, 6.45) is 11.1. The van der Waals surface area contributed by atoms with E-state index >= 15 is 0 Å². The summed E-state index contributed by atoms with van der Waals surface area (Å²) in [6.45, 7) is 2.78. The first-order valence-electron chi connectivity index (χ1n) is 14.1. The Labute approximate surface area is 227 Å². The second-order valence-corrected chi connectivity index (χ2v) is 10.1. The number of carboxylic acid groups (broad SMARTS) is 1. The van der Waals surface area contributed by atoms with Crippen LogP contribution in [-0.4, -0.2) is 49.3 Å². The molecule has 0 aliphatic heterocycles. The zero-order chi connectivity index (χ0) is 27.2. The molecule has 0 unspecified atom stereocenters. The van der Waals surface area contributed by atoms with Crippen LogP contribution in [0, 0.1) is 0 Å². The summed E-state index contributed by atoms with van der Waals surface area (Å²) < 4.78 is 5.49. The highest BCUT2D eigenvalue weighted by Crippen LogP contribution is 2.44. The molecule has 204 valence electrons. The highest BCUT2D eigenvalue weighted by atomic mass is 16.5. The maximum atomic E-state index is 12.6. The molecule has 0 spiro atoms. The molecule has 1 atom stereocenters. The summed E-state index contributed by atoms with van der Waals surface area (Å²) in [5.41, 5.74) is 4.40. The van der Waals surface area contributed by atoms with E-state index in [0.29, 0.717) is 6.54 Å². The van der Waals surface area contributed by atoms with Crippen molar-refractivity contribution in [3.63, 3.8) is 0 Å². The summed E-state index contributed by atoms with van der Waals surface area (Å²) in [5.74, 6) is -2.97. The number of fused-ring (bicyclic) bond motifs is 3. The number of carbonyl (C=O) groups is 3. The van der Waals surface area contributed by atoms with Gasteiger partial charge >= 0.3 is 6.09 Å². The van der Waals surface area contributed by atoms with Crippen molar-refractivity contribution in [3.8, 4) is 11.1 Å². The van der Waals surface area contributed by atoms with E-state index in [-0.39, 0.29) is 12.5 Å². The molecule has 2 aromatic carbocycles. The van der Waals surface area contributed by atoms with Crippen LogP contribution in [0.5, 0.6) is 0 Å². The fourth-order valence-corrected chi connectivity index (χ4v) is 5.11. The van der Waals surface area contributed by atoms with Gasteiger partial charge in [0.15, 0.2) is 0 Å². The van der Waals surface area contributed by atoms with Crippen LogP contribution in [0.25, 0.3) is 11.1 Å². The van der Waals surface area contributed by atoms with Crippen LogP contribution >= 0.6 is 0 Å². The van der Waals surface area contributed by atoms with Crippen LogP contribution in [0.4, 0.5) is 9.59 Å². The second kappa shape index (κ2) is 15.8. The predicted molar refractivity (Wildman–Crippen MR) is 152 cm³/mol. The van der Waals surface area contributed by atoms with Crippen LogP contribution in [0.1, 0.15) is 88.2 Å². The quantitative estimate of drug-likeness (QED) is 0.175. The number of amides is 2. The Hall–Kier alpha value is -3.29. The van der Waals surface area contributed by atoms with Gasteiger partial charge in [-0.15, -0.1) is 0 Å². The van der Waals surface area contributed by atoms with Gasteiger partial charge in [-0.25, -0.2) is 4.79 Å². The molecule has 3 rings (SSSR count). The van der Waals surface area contributed by atoms with Crippen molar-refractivity contribution < 1.29 is 24.2 Å². The van der Waals surface area contributed by atoms with Crippen molar-refractivity contribution in [2.45, 2.75) is 83.0 Å². The lowest BCUT2D eigenvalue weighted by Gasteiger charge is -2.18. The van der Waals surface area contributed by atoms with Gasteiger partial charge in [0.2, 0.25) is 11.8 Å². The van der Waals surface area contributed by atoms with Crippen LogP contribution in [0.15, 0.2) is 48.5 Å². The van der Waals surface area contributed by atoms with Crippen molar-refractivity contribution in [1.29, 1.82) is 0 Å². The number of hydrogen-bond donors (Lipinski definition) is 3. The first-order chi connectivity index (χ1) is 18.5. The Kier molecular flexibility index (Phi) is 12.2. The molecule has 1 aliphatic rings. The topological polar surface area (TPSA) is 105 Å². The summed E-state index contributed by atoms with van der Waals surface area (Å²) in [4.78, 5) is 36.5. The number of carbonyl (C=O) groups excluding carboxylic acids is 2. The molecular formula is C30H41BN2O5. The number of alkyl carbamates (subject to hydrolysis) is 1. The van der Waals surface area contributed by atoms with Gasteiger partial charge in [0.25, 0.3) is 7.28 Å². The smallest absolute Gasteiger partial charge is 0.407 e. The number of rotatable bonds is 17. The van der Waals surface area contributed by atoms with E-state index in [2.05, 4.69) is 29.7 Å². The number of unbranched alkanes of at least 4 members (excludes halogenated alkanes) is 9. The Morgan fingerprint density at radius 2 is 1.37 bits per heavy atom. The van der Waals surface area contributed by atoms with Crippen LogP contribution < -0.4 is 10.6 Å². The molecule has 0 radical (unpaired) electrons.